The summed E-state index contributed by atoms with van der Waals surface area (Å²) in [5.41, 5.74) is 0. The summed E-state index contributed by atoms with van der Waals surface area (Å²) < 4.78 is 33.1. The van der Waals surface area contributed by atoms with E-state index in [-0.39, 0.29) is 19.6 Å². The minimum Gasteiger partial charge on any atom is -0.756 e. The molecule has 0 aliphatic carbocycles. The van der Waals surface area contributed by atoms with Crippen molar-refractivity contribution in [2.45, 2.75) is 123 Å². The van der Waals surface area contributed by atoms with Gasteiger partial charge in [-0.3, -0.25) is 9.36 Å². The monoisotopic (exact) mass is 617 g/mol. The standard InChI is InChI=1S/C32H60NO8P/c1-6-8-10-12-13-14-15-16-17-18-19-21-22-24-31(34)38-28-30(41-32(35)25-23-20-11-9-7-2)29-40-42(36,37)39-27-26-33(3,4)5/h11,20,23,25,30H,6-10,12-19,21-22,24,26-29H2,1-5H3/t30-/m1/s1. The van der Waals surface area contributed by atoms with Crippen LogP contribution in [0.4, 0.5) is 0 Å². The van der Waals surface area contributed by atoms with Gasteiger partial charge < -0.3 is 27.9 Å². The van der Waals surface area contributed by atoms with Crippen LogP contribution in [0.1, 0.15) is 117 Å². The summed E-state index contributed by atoms with van der Waals surface area (Å²) in [7, 11) is 1.11. The highest BCUT2D eigenvalue weighted by Crippen LogP contribution is 2.38. The summed E-state index contributed by atoms with van der Waals surface area (Å²) in [6.45, 7) is 3.89. The van der Waals surface area contributed by atoms with Crippen LogP contribution in [0.25, 0.3) is 0 Å². The first-order valence-corrected chi connectivity index (χ1v) is 17.5. The van der Waals surface area contributed by atoms with Crippen LogP contribution in [0.15, 0.2) is 24.3 Å². The Morgan fingerprint density at radius 3 is 1.90 bits per heavy atom. The highest BCUT2D eigenvalue weighted by atomic mass is 31.2. The number of carbonyl (C=O) groups is 2. The molecule has 0 radical (unpaired) electrons. The highest BCUT2D eigenvalue weighted by molar-refractivity contribution is 7.45. The third kappa shape index (κ3) is 28.6. The molecule has 42 heavy (non-hydrogen) atoms. The van der Waals surface area contributed by atoms with Gasteiger partial charge in [0, 0.05) is 12.5 Å². The van der Waals surface area contributed by atoms with Crippen molar-refractivity contribution in [3.05, 3.63) is 24.3 Å². The van der Waals surface area contributed by atoms with E-state index in [1.54, 1.807) is 12.2 Å². The van der Waals surface area contributed by atoms with Crippen LogP contribution >= 0.6 is 7.82 Å². The van der Waals surface area contributed by atoms with E-state index in [4.69, 9.17) is 18.5 Å². The molecule has 0 rings (SSSR count). The number of esters is 2. The first kappa shape index (κ1) is 40.5. The zero-order valence-corrected chi connectivity index (χ0v) is 28.1. The van der Waals surface area contributed by atoms with Crippen molar-refractivity contribution in [3.8, 4) is 0 Å². The molecule has 0 aliphatic heterocycles. The van der Waals surface area contributed by atoms with Gasteiger partial charge in [-0.05, 0) is 12.8 Å². The van der Waals surface area contributed by atoms with Gasteiger partial charge in [0.15, 0.2) is 6.10 Å². The van der Waals surface area contributed by atoms with Gasteiger partial charge in [-0.2, -0.15) is 0 Å². The third-order valence-corrected chi connectivity index (χ3v) is 7.53. The van der Waals surface area contributed by atoms with Gasteiger partial charge in [-0.1, -0.05) is 116 Å². The van der Waals surface area contributed by atoms with Gasteiger partial charge in [0.25, 0.3) is 7.82 Å². The predicted molar refractivity (Wildman–Crippen MR) is 167 cm³/mol. The lowest BCUT2D eigenvalue weighted by molar-refractivity contribution is -0.870. The average Bonchev–Trinajstić information content (AvgIpc) is 2.91. The van der Waals surface area contributed by atoms with Gasteiger partial charge in [-0.25, -0.2) is 4.79 Å². The normalized spacial score (nSPS) is 14.3. The smallest absolute Gasteiger partial charge is 0.331 e. The lowest BCUT2D eigenvalue weighted by Gasteiger charge is -2.28. The van der Waals surface area contributed by atoms with Crippen LogP contribution in [0, 0.1) is 0 Å². The molecule has 0 saturated carbocycles. The summed E-state index contributed by atoms with van der Waals surface area (Å²) in [6.07, 6.45) is 23.3. The summed E-state index contributed by atoms with van der Waals surface area (Å²) in [5, 5.41) is 0. The Balaban J connectivity index is 4.43. The molecule has 0 fully saturated rings. The average molecular weight is 618 g/mol. The van der Waals surface area contributed by atoms with Crippen LogP contribution < -0.4 is 4.89 Å². The van der Waals surface area contributed by atoms with Crippen molar-refractivity contribution < 1.29 is 42.1 Å². The van der Waals surface area contributed by atoms with E-state index in [1.165, 1.54) is 70.3 Å². The highest BCUT2D eigenvalue weighted by Gasteiger charge is 2.21. The van der Waals surface area contributed by atoms with Crippen LogP contribution in [-0.2, 0) is 32.7 Å². The summed E-state index contributed by atoms with van der Waals surface area (Å²) >= 11 is 0. The molecule has 0 saturated heterocycles. The van der Waals surface area contributed by atoms with Crippen molar-refractivity contribution in [1.82, 2.24) is 0 Å². The molecule has 0 amide bonds. The molecule has 0 aromatic heterocycles. The van der Waals surface area contributed by atoms with Crippen molar-refractivity contribution in [2.75, 3.05) is 47.5 Å². The number of carbonyl (C=O) groups excluding carboxylic acids is 2. The number of phosphoric ester groups is 1. The predicted octanol–water partition coefficient (Wildman–Crippen LogP) is 7.04. The number of nitrogens with zero attached hydrogens (tertiary/aromatic N) is 1. The number of likely N-dealkylation sites (N-methyl/N-ethyl adjacent to an activating group) is 1. The van der Waals surface area contributed by atoms with Crippen LogP contribution in [-0.4, -0.2) is 70.0 Å². The maximum Gasteiger partial charge on any atom is 0.331 e. The molecule has 0 spiro atoms. The lowest BCUT2D eigenvalue weighted by Crippen LogP contribution is -2.37. The van der Waals surface area contributed by atoms with Gasteiger partial charge in [0.2, 0.25) is 0 Å². The number of ether oxygens (including phenoxy) is 2. The van der Waals surface area contributed by atoms with Gasteiger partial charge in [0.1, 0.15) is 19.8 Å². The molecular formula is C32H60NO8P. The van der Waals surface area contributed by atoms with Crippen molar-refractivity contribution in [1.29, 1.82) is 0 Å². The number of hydrogen-bond acceptors (Lipinski definition) is 8. The Labute approximate surface area is 256 Å². The zero-order valence-electron chi connectivity index (χ0n) is 27.2. The third-order valence-electron chi connectivity index (χ3n) is 6.56. The first-order valence-electron chi connectivity index (χ1n) is 16.1. The first-order chi connectivity index (χ1) is 20.0. The fourth-order valence-corrected chi connectivity index (χ4v) is 4.71. The molecule has 0 bridgehead atoms. The Hall–Kier alpha value is -1.51. The number of hydrogen-bond donors (Lipinski definition) is 0. The molecule has 2 atom stereocenters. The maximum absolute atomic E-state index is 12.3. The van der Waals surface area contributed by atoms with E-state index in [9.17, 15) is 19.0 Å². The molecule has 0 aromatic rings. The Bertz CT molecular complexity index is 794. The molecule has 0 aromatic carbocycles. The van der Waals surface area contributed by atoms with Crippen molar-refractivity contribution >= 4 is 19.8 Å². The fourth-order valence-electron chi connectivity index (χ4n) is 3.98. The lowest BCUT2D eigenvalue weighted by atomic mass is 10.0. The second kappa shape index (κ2) is 25.9. The molecule has 9 nitrogen and oxygen atoms in total. The summed E-state index contributed by atoms with van der Waals surface area (Å²) in [6, 6.07) is 0. The van der Waals surface area contributed by atoms with Crippen molar-refractivity contribution in [3.63, 3.8) is 0 Å². The second-order valence-corrected chi connectivity index (χ2v) is 13.3. The SMILES string of the molecule is CCCC=CC=CC(=O)O[C@H](COC(=O)CCCCCCCCCCCCCCC)COP(=O)([O-])OCC[N+](C)(C)C. The van der Waals surface area contributed by atoms with Gasteiger partial charge >= 0.3 is 11.9 Å². The van der Waals surface area contributed by atoms with Gasteiger partial charge in [-0.15, -0.1) is 0 Å². The summed E-state index contributed by atoms with van der Waals surface area (Å²) in [5.74, 6) is -1.11. The molecule has 0 N–H and O–H groups in total. The molecule has 246 valence electrons. The molecule has 10 heteroatoms. The maximum atomic E-state index is 12.3. The molecule has 1 unspecified atom stereocenters. The van der Waals surface area contributed by atoms with E-state index < -0.39 is 32.5 Å². The molecular weight excluding hydrogens is 557 g/mol. The van der Waals surface area contributed by atoms with E-state index >= 15 is 0 Å². The largest absolute Gasteiger partial charge is 0.756 e. The summed E-state index contributed by atoms with van der Waals surface area (Å²) in [4.78, 5) is 36.7. The van der Waals surface area contributed by atoms with E-state index in [0.29, 0.717) is 11.0 Å². The van der Waals surface area contributed by atoms with E-state index in [0.717, 1.165) is 32.1 Å². The number of unbranched alkanes of at least 4 members (excludes halogenated alkanes) is 13. The van der Waals surface area contributed by atoms with Gasteiger partial charge in [0.05, 0.1) is 27.7 Å². The van der Waals surface area contributed by atoms with Crippen molar-refractivity contribution in [2.24, 2.45) is 0 Å². The zero-order chi connectivity index (χ0) is 31.5. The minimum atomic E-state index is -4.62. The molecule has 0 heterocycles. The van der Waals surface area contributed by atoms with Crippen LogP contribution in [0.3, 0.4) is 0 Å². The number of phosphoric acid groups is 1. The van der Waals surface area contributed by atoms with Crippen LogP contribution in [0.2, 0.25) is 0 Å². The number of quaternary nitrogens is 1. The Kier molecular flexibility index (Phi) is 25.0. The minimum absolute atomic E-state index is 0.0460. The Morgan fingerprint density at radius 2 is 1.36 bits per heavy atom. The topological polar surface area (TPSA) is 111 Å². The van der Waals surface area contributed by atoms with Crippen LogP contribution in [0.5, 0.6) is 0 Å². The molecule has 0 aliphatic rings. The number of rotatable bonds is 28. The second-order valence-electron chi connectivity index (χ2n) is 11.9. The quantitative estimate of drug-likeness (QED) is 0.0230. The van der Waals surface area contributed by atoms with E-state index in [2.05, 4.69) is 6.92 Å². The fraction of sp³-hybridized carbons (Fsp3) is 0.812. The number of allylic oxidation sites excluding steroid dienone is 3. The Morgan fingerprint density at radius 1 is 0.786 bits per heavy atom. The van der Waals surface area contributed by atoms with E-state index in [1.807, 2.05) is 34.1 Å².